The number of carbonyl (C=O) groups is 1. The largest absolute Gasteiger partial charge is 0.469 e. The van der Waals surface area contributed by atoms with Gasteiger partial charge in [-0.15, -0.1) is 0 Å². The molecule has 0 heterocycles. The maximum atomic E-state index is 11.0. The second-order valence-corrected chi connectivity index (χ2v) is 5.70. The van der Waals surface area contributed by atoms with Gasteiger partial charge in [-0.2, -0.15) is 11.8 Å². The number of thioether (sulfide) groups is 1. The molecule has 3 nitrogen and oxygen atoms in total. The van der Waals surface area contributed by atoms with Gasteiger partial charge in [0.2, 0.25) is 0 Å². The molecule has 1 rings (SSSR count). The molecule has 1 atom stereocenters. The van der Waals surface area contributed by atoms with E-state index in [4.69, 9.17) is 5.73 Å². The molecule has 94 valence electrons. The average Bonchev–Trinajstić information content (AvgIpc) is 2.34. The van der Waals surface area contributed by atoms with E-state index in [2.05, 4.69) is 26.7 Å². The van der Waals surface area contributed by atoms with Crippen LogP contribution in [0.2, 0.25) is 0 Å². The number of benzene rings is 1. The molecule has 17 heavy (non-hydrogen) atoms. The van der Waals surface area contributed by atoms with Gasteiger partial charge in [-0.05, 0) is 17.7 Å². The maximum absolute atomic E-state index is 11.0. The molecule has 2 N–H and O–H groups in total. The van der Waals surface area contributed by atoms with Gasteiger partial charge in [-0.25, -0.2) is 0 Å². The summed E-state index contributed by atoms with van der Waals surface area (Å²) in [5.74, 6) is 0.545. The molecule has 0 aromatic heterocycles. The van der Waals surface area contributed by atoms with Crippen molar-refractivity contribution in [2.45, 2.75) is 11.7 Å². The molecule has 5 heteroatoms. The Morgan fingerprint density at radius 3 is 2.94 bits per heavy atom. The van der Waals surface area contributed by atoms with E-state index in [0.29, 0.717) is 13.0 Å². The molecule has 0 aliphatic heterocycles. The van der Waals surface area contributed by atoms with Crippen LogP contribution in [0.15, 0.2) is 28.7 Å². The van der Waals surface area contributed by atoms with Crippen LogP contribution in [0.25, 0.3) is 0 Å². The first-order valence-electron chi connectivity index (χ1n) is 5.31. The van der Waals surface area contributed by atoms with Gasteiger partial charge in [-0.1, -0.05) is 28.1 Å². The van der Waals surface area contributed by atoms with E-state index >= 15 is 0 Å². The van der Waals surface area contributed by atoms with Gasteiger partial charge in [0.1, 0.15) is 0 Å². The Bertz CT molecular complexity index is 373. The van der Waals surface area contributed by atoms with E-state index in [-0.39, 0.29) is 11.2 Å². The van der Waals surface area contributed by atoms with Gasteiger partial charge in [0.25, 0.3) is 0 Å². The molecule has 0 amide bonds. The average molecular weight is 318 g/mol. The maximum Gasteiger partial charge on any atom is 0.306 e. The molecular formula is C12H16BrNO2S. The lowest BCUT2D eigenvalue weighted by Crippen LogP contribution is -2.11. The molecule has 0 fully saturated rings. The van der Waals surface area contributed by atoms with Crippen LogP contribution in [-0.2, 0) is 9.53 Å². The number of esters is 1. The third kappa shape index (κ3) is 5.10. The first-order valence-corrected chi connectivity index (χ1v) is 7.15. The summed E-state index contributed by atoms with van der Waals surface area (Å²) in [7, 11) is 1.40. The summed E-state index contributed by atoms with van der Waals surface area (Å²) in [4.78, 5) is 11.0. The lowest BCUT2D eigenvalue weighted by atomic mass is 10.1. The summed E-state index contributed by atoms with van der Waals surface area (Å²) in [5.41, 5.74) is 6.93. The SMILES string of the molecule is COC(=O)CCSC(CN)c1cccc(Br)c1. The van der Waals surface area contributed by atoms with Crippen molar-refractivity contribution in [2.75, 3.05) is 19.4 Å². The molecule has 0 radical (unpaired) electrons. The van der Waals surface area contributed by atoms with Crippen molar-refractivity contribution in [3.05, 3.63) is 34.3 Å². The molecule has 0 bridgehead atoms. The highest BCUT2D eigenvalue weighted by molar-refractivity contribution is 9.10. The Kier molecular flexibility index (Phi) is 6.62. The summed E-state index contributed by atoms with van der Waals surface area (Å²) < 4.78 is 5.64. The standard InChI is InChI=1S/C12H16BrNO2S/c1-16-12(15)5-6-17-11(8-14)9-3-2-4-10(13)7-9/h2-4,7,11H,5-6,8,14H2,1H3. The number of halogens is 1. The topological polar surface area (TPSA) is 52.3 Å². The fraction of sp³-hybridized carbons (Fsp3) is 0.417. The zero-order valence-corrected chi connectivity index (χ0v) is 12.1. The number of carbonyl (C=O) groups excluding carboxylic acids is 1. The predicted molar refractivity (Wildman–Crippen MR) is 75.0 cm³/mol. The highest BCUT2D eigenvalue weighted by Gasteiger charge is 2.11. The van der Waals surface area contributed by atoms with Crippen LogP contribution in [0.3, 0.4) is 0 Å². The zero-order chi connectivity index (χ0) is 12.7. The Morgan fingerprint density at radius 2 is 2.35 bits per heavy atom. The summed E-state index contributed by atoms with van der Waals surface area (Å²) in [6.07, 6.45) is 0.422. The van der Waals surface area contributed by atoms with Gasteiger partial charge >= 0.3 is 5.97 Å². The molecule has 0 saturated heterocycles. The van der Waals surface area contributed by atoms with E-state index in [0.717, 1.165) is 10.2 Å². The smallest absolute Gasteiger partial charge is 0.306 e. The first-order chi connectivity index (χ1) is 8.17. The van der Waals surface area contributed by atoms with Gasteiger partial charge in [0, 0.05) is 22.0 Å². The third-order valence-electron chi connectivity index (χ3n) is 2.29. The molecule has 0 saturated carbocycles. The lowest BCUT2D eigenvalue weighted by molar-refractivity contribution is -0.140. The van der Waals surface area contributed by atoms with Crippen LogP contribution in [-0.4, -0.2) is 25.4 Å². The minimum Gasteiger partial charge on any atom is -0.469 e. The van der Waals surface area contributed by atoms with Crippen molar-refractivity contribution in [3.8, 4) is 0 Å². The zero-order valence-electron chi connectivity index (χ0n) is 9.69. The van der Waals surface area contributed by atoms with Crippen LogP contribution < -0.4 is 5.73 Å². The highest BCUT2D eigenvalue weighted by Crippen LogP contribution is 2.29. The van der Waals surface area contributed by atoms with Crippen molar-refractivity contribution in [1.29, 1.82) is 0 Å². The predicted octanol–water partition coefficient (Wildman–Crippen LogP) is 2.75. The molecular weight excluding hydrogens is 302 g/mol. The number of hydrogen-bond acceptors (Lipinski definition) is 4. The molecule has 1 unspecified atom stereocenters. The minimum atomic E-state index is -0.178. The Morgan fingerprint density at radius 1 is 1.59 bits per heavy atom. The van der Waals surface area contributed by atoms with Gasteiger partial charge in [0.15, 0.2) is 0 Å². The van der Waals surface area contributed by atoms with Gasteiger partial charge in [0.05, 0.1) is 13.5 Å². The van der Waals surface area contributed by atoms with Crippen molar-refractivity contribution in [3.63, 3.8) is 0 Å². The molecule has 0 spiro atoms. The number of rotatable bonds is 6. The van der Waals surface area contributed by atoms with Crippen molar-refractivity contribution in [1.82, 2.24) is 0 Å². The Labute approximate surface area is 114 Å². The third-order valence-corrected chi connectivity index (χ3v) is 4.09. The van der Waals surface area contributed by atoms with Crippen LogP contribution >= 0.6 is 27.7 Å². The monoisotopic (exact) mass is 317 g/mol. The van der Waals surface area contributed by atoms with E-state index in [1.165, 1.54) is 12.7 Å². The quantitative estimate of drug-likeness (QED) is 0.820. The normalized spacial score (nSPS) is 12.2. The number of hydrogen-bond donors (Lipinski definition) is 1. The second-order valence-electron chi connectivity index (χ2n) is 3.48. The van der Waals surface area contributed by atoms with E-state index in [1.807, 2.05) is 18.2 Å². The van der Waals surface area contributed by atoms with E-state index < -0.39 is 0 Å². The van der Waals surface area contributed by atoms with Gasteiger partial charge in [-0.3, -0.25) is 4.79 Å². The van der Waals surface area contributed by atoms with E-state index in [1.54, 1.807) is 11.8 Å². The summed E-state index contributed by atoms with van der Waals surface area (Å²) in [6, 6.07) is 8.08. The van der Waals surface area contributed by atoms with Crippen LogP contribution in [0.1, 0.15) is 17.2 Å². The lowest BCUT2D eigenvalue weighted by Gasteiger charge is -2.14. The summed E-state index contributed by atoms with van der Waals surface area (Å²) >= 11 is 5.12. The van der Waals surface area contributed by atoms with Gasteiger partial charge < -0.3 is 10.5 Å². The number of methoxy groups -OCH3 is 1. The molecule has 0 aliphatic rings. The molecule has 1 aromatic carbocycles. The van der Waals surface area contributed by atoms with Crippen LogP contribution in [0.5, 0.6) is 0 Å². The summed E-state index contributed by atoms with van der Waals surface area (Å²) in [5, 5.41) is 0.220. The highest BCUT2D eigenvalue weighted by atomic mass is 79.9. The number of ether oxygens (including phenoxy) is 1. The van der Waals surface area contributed by atoms with Crippen LogP contribution in [0.4, 0.5) is 0 Å². The summed E-state index contributed by atoms with van der Waals surface area (Å²) in [6.45, 7) is 0.558. The van der Waals surface area contributed by atoms with Crippen molar-refractivity contribution in [2.24, 2.45) is 5.73 Å². The van der Waals surface area contributed by atoms with E-state index in [9.17, 15) is 4.79 Å². The Balaban J connectivity index is 2.51. The molecule has 0 aliphatic carbocycles. The Hall–Kier alpha value is -0.520. The van der Waals surface area contributed by atoms with Crippen molar-refractivity contribution >= 4 is 33.7 Å². The fourth-order valence-corrected chi connectivity index (χ4v) is 2.85. The van der Waals surface area contributed by atoms with Crippen LogP contribution in [0, 0.1) is 0 Å². The second kappa shape index (κ2) is 7.74. The number of nitrogens with two attached hydrogens (primary N) is 1. The van der Waals surface area contributed by atoms with Crippen molar-refractivity contribution < 1.29 is 9.53 Å². The first kappa shape index (κ1) is 14.5. The fourth-order valence-electron chi connectivity index (χ4n) is 1.39. The minimum absolute atomic E-state index is 0.178. The molecule has 1 aromatic rings.